The predicted molar refractivity (Wildman–Crippen MR) is 80.4 cm³/mol. The Balaban J connectivity index is 2.03. The van der Waals surface area contributed by atoms with Gasteiger partial charge in [-0.1, -0.05) is 0 Å². The highest BCUT2D eigenvalue weighted by atomic mass is 32.1. The largest absolute Gasteiger partial charge is 0.399 e. The first-order valence-corrected chi connectivity index (χ1v) is 7.08. The Bertz CT molecular complexity index is 684. The fourth-order valence-electron chi connectivity index (χ4n) is 1.82. The predicted octanol–water partition coefficient (Wildman–Crippen LogP) is 1.91. The molecular formula is C13H14N4O3S. The van der Waals surface area contributed by atoms with Crippen molar-refractivity contribution in [2.45, 2.75) is 13.3 Å². The van der Waals surface area contributed by atoms with Crippen LogP contribution in [0, 0.1) is 17.0 Å². The second kappa shape index (κ2) is 6.31. The number of carbonyl (C=O) groups excluding carboxylic acids is 1. The molecule has 8 heteroatoms. The number of anilines is 1. The minimum atomic E-state index is -0.599. The molecule has 0 fully saturated rings. The number of benzene rings is 1. The van der Waals surface area contributed by atoms with Gasteiger partial charge in [0.05, 0.1) is 15.6 Å². The van der Waals surface area contributed by atoms with Gasteiger partial charge in [-0.15, -0.1) is 11.3 Å². The molecule has 7 nitrogen and oxygen atoms in total. The van der Waals surface area contributed by atoms with E-state index in [1.165, 1.54) is 29.5 Å². The van der Waals surface area contributed by atoms with Crippen LogP contribution in [-0.4, -0.2) is 22.4 Å². The molecular weight excluding hydrogens is 292 g/mol. The number of nitrogen functional groups attached to an aromatic ring is 1. The lowest BCUT2D eigenvalue weighted by molar-refractivity contribution is -0.385. The number of aromatic nitrogens is 1. The molecule has 0 radical (unpaired) electrons. The molecule has 2 aromatic rings. The Morgan fingerprint density at radius 1 is 1.52 bits per heavy atom. The summed E-state index contributed by atoms with van der Waals surface area (Å²) in [6.07, 6.45) is 0.576. The van der Waals surface area contributed by atoms with Gasteiger partial charge >= 0.3 is 0 Å². The van der Waals surface area contributed by atoms with Gasteiger partial charge in [-0.25, -0.2) is 4.98 Å². The summed E-state index contributed by atoms with van der Waals surface area (Å²) in [6, 6.07) is 3.93. The summed E-state index contributed by atoms with van der Waals surface area (Å²) in [5, 5.41) is 16.4. The molecule has 0 spiro atoms. The van der Waals surface area contributed by atoms with Crippen LogP contribution in [0.1, 0.15) is 21.1 Å². The molecule has 3 N–H and O–H groups in total. The number of nitrogens with zero attached hydrogens (tertiary/aromatic N) is 2. The van der Waals surface area contributed by atoms with Gasteiger partial charge in [0.25, 0.3) is 11.6 Å². The Morgan fingerprint density at radius 3 is 2.90 bits per heavy atom. The standard InChI is InChI=1S/C13H14N4O3S/c1-8-16-10(7-21-8)4-5-15-13(18)11-6-9(14)2-3-12(11)17(19)20/h2-3,6-7H,4-5,14H2,1H3,(H,15,18). The molecule has 2 rings (SSSR count). The molecule has 0 aliphatic carbocycles. The quantitative estimate of drug-likeness (QED) is 0.498. The third-order valence-corrected chi connectivity index (χ3v) is 3.62. The van der Waals surface area contributed by atoms with Crippen LogP contribution in [-0.2, 0) is 6.42 Å². The smallest absolute Gasteiger partial charge is 0.282 e. The number of carbonyl (C=O) groups is 1. The van der Waals surface area contributed by atoms with E-state index in [4.69, 9.17) is 5.73 Å². The number of aryl methyl sites for hydroxylation is 1. The van der Waals surface area contributed by atoms with E-state index in [1.54, 1.807) is 0 Å². The van der Waals surface area contributed by atoms with Gasteiger partial charge in [0, 0.05) is 30.1 Å². The number of nitro groups is 1. The number of hydrogen-bond acceptors (Lipinski definition) is 6. The van der Waals surface area contributed by atoms with Gasteiger partial charge in [-0.3, -0.25) is 14.9 Å². The molecule has 1 aromatic carbocycles. The van der Waals surface area contributed by atoms with Crippen LogP contribution in [0.5, 0.6) is 0 Å². The zero-order chi connectivity index (χ0) is 15.4. The normalized spacial score (nSPS) is 10.3. The molecule has 0 saturated heterocycles. The first-order valence-electron chi connectivity index (χ1n) is 6.20. The summed E-state index contributed by atoms with van der Waals surface area (Å²) < 4.78 is 0. The molecule has 1 amide bonds. The number of nitro benzene ring substituents is 1. The van der Waals surface area contributed by atoms with E-state index in [1.807, 2.05) is 12.3 Å². The SMILES string of the molecule is Cc1nc(CCNC(=O)c2cc(N)ccc2[N+](=O)[O-])cs1. The first-order chi connectivity index (χ1) is 9.97. The minimum Gasteiger partial charge on any atom is -0.399 e. The number of thiazole rings is 1. The molecule has 1 heterocycles. The summed E-state index contributed by atoms with van der Waals surface area (Å²) in [5.41, 5.74) is 6.48. The zero-order valence-electron chi connectivity index (χ0n) is 11.3. The van der Waals surface area contributed by atoms with Crippen LogP contribution >= 0.6 is 11.3 Å². The van der Waals surface area contributed by atoms with Gasteiger partial charge in [-0.05, 0) is 19.1 Å². The monoisotopic (exact) mass is 306 g/mol. The van der Waals surface area contributed by atoms with Gasteiger partial charge in [0.15, 0.2) is 0 Å². The van der Waals surface area contributed by atoms with Crippen molar-refractivity contribution in [3.63, 3.8) is 0 Å². The lowest BCUT2D eigenvalue weighted by Gasteiger charge is -2.05. The molecule has 21 heavy (non-hydrogen) atoms. The van der Waals surface area contributed by atoms with Crippen molar-refractivity contribution in [3.05, 3.63) is 50.0 Å². The molecule has 110 valence electrons. The molecule has 1 aromatic heterocycles. The van der Waals surface area contributed by atoms with Crippen LogP contribution in [0.25, 0.3) is 0 Å². The molecule has 0 saturated carbocycles. The Kier molecular flexibility index (Phi) is 4.49. The van der Waals surface area contributed by atoms with Crippen LogP contribution in [0.3, 0.4) is 0 Å². The number of rotatable bonds is 5. The average molecular weight is 306 g/mol. The molecule has 0 bridgehead atoms. The maximum absolute atomic E-state index is 12.0. The highest BCUT2D eigenvalue weighted by molar-refractivity contribution is 7.09. The highest BCUT2D eigenvalue weighted by Crippen LogP contribution is 2.21. The Hall–Kier alpha value is -2.48. The molecule has 0 aliphatic rings. The Morgan fingerprint density at radius 2 is 2.29 bits per heavy atom. The fraction of sp³-hybridized carbons (Fsp3) is 0.231. The van der Waals surface area contributed by atoms with Gasteiger partial charge in [-0.2, -0.15) is 0 Å². The lowest BCUT2D eigenvalue weighted by atomic mass is 10.1. The van der Waals surface area contributed by atoms with Crippen LogP contribution in [0.2, 0.25) is 0 Å². The van der Waals surface area contributed by atoms with Crippen LogP contribution in [0.15, 0.2) is 23.6 Å². The number of nitrogens with two attached hydrogens (primary N) is 1. The highest BCUT2D eigenvalue weighted by Gasteiger charge is 2.19. The maximum Gasteiger partial charge on any atom is 0.282 e. The van der Waals surface area contributed by atoms with E-state index >= 15 is 0 Å². The van der Waals surface area contributed by atoms with E-state index in [-0.39, 0.29) is 11.3 Å². The van der Waals surface area contributed by atoms with E-state index in [0.29, 0.717) is 18.7 Å². The minimum absolute atomic E-state index is 0.0329. The van der Waals surface area contributed by atoms with Crippen molar-refractivity contribution >= 4 is 28.6 Å². The van der Waals surface area contributed by atoms with Gasteiger partial charge in [0.2, 0.25) is 0 Å². The molecule has 0 atom stereocenters. The second-order valence-electron chi connectivity index (χ2n) is 4.40. The summed E-state index contributed by atoms with van der Waals surface area (Å²) >= 11 is 1.54. The van der Waals surface area contributed by atoms with E-state index in [9.17, 15) is 14.9 Å². The fourth-order valence-corrected chi connectivity index (χ4v) is 2.46. The second-order valence-corrected chi connectivity index (χ2v) is 5.46. The average Bonchev–Trinajstić information content (AvgIpc) is 2.84. The van der Waals surface area contributed by atoms with E-state index in [0.717, 1.165) is 10.7 Å². The topological polar surface area (TPSA) is 111 Å². The number of amides is 1. The summed E-state index contributed by atoms with van der Waals surface area (Å²) in [4.78, 5) is 26.6. The summed E-state index contributed by atoms with van der Waals surface area (Å²) in [6.45, 7) is 2.26. The van der Waals surface area contributed by atoms with Crippen molar-refractivity contribution in [1.29, 1.82) is 0 Å². The third-order valence-electron chi connectivity index (χ3n) is 2.80. The van der Waals surface area contributed by atoms with Gasteiger partial charge < -0.3 is 11.1 Å². The van der Waals surface area contributed by atoms with Crippen molar-refractivity contribution in [2.24, 2.45) is 0 Å². The van der Waals surface area contributed by atoms with E-state index < -0.39 is 10.8 Å². The Labute approximate surface area is 125 Å². The van der Waals surface area contributed by atoms with Crippen molar-refractivity contribution in [3.8, 4) is 0 Å². The molecule has 0 aliphatic heterocycles. The lowest BCUT2D eigenvalue weighted by Crippen LogP contribution is -2.26. The van der Waals surface area contributed by atoms with Gasteiger partial charge in [0.1, 0.15) is 5.56 Å². The third kappa shape index (κ3) is 3.76. The van der Waals surface area contributed by atoms with Crippen molar-refractivity contribution in [1.82, 2.24) is 10.3 Å². The first kappa shape index (κ1) is 14.9. The van der Waals surface area contributed by atoms with Crippen molar-refractivity contribution in [2.75, 3.05) is 12.3 Å². The maximum atomic E-state index is 12.0. The summed E-state index contributed by atoms with van der Waals surface area (Å²) in [7, 11) is 0. The zero-order valence-corrected chi connectivity index (χ0v) is 12.1. The number of nitrogens with one attached hydrogen (secondary N) is 1. The number of hydrogen-bond donors (Lipinski definition) is 2. The summed E-state index contributed by atoms with van der Waals surface area (Å²) in [5.74, 6) is -0.513. The van der Waals surface area contributed by atoms with Crippen LogP contribution < -0.4 is 11.1 Å². The molecule has 0 unspecified atom stereocenters. The van der Waals surface area contributed by atoms with E-state index in [2.05, 4.69) is 10.3 Å². The van der Waals surface area contributed by atoms with Crippen molar-refractivity contribution < 1.29 is 9.72 Å². The van der Waals surface area contributed by atoms with Crippen LogP contribution in [0.4, 0.5) is 11.4 Å².